The molecule has 1 aromatic carbocycles. The lowest BCUT2D eigenvalue weighted by Gasteiger charge is -2.24. The molecule has 0 bridgehead atoms. The van der Waals surface area contributed by atoms with Gasteiger partial charge in [0.25, 0.3) is 5.91 Å². The number of benzene rings is 1. The summed E-state index contributed by atoms with van der Waals surface area (Å²) < 4.78 is 13.6. The van der Waals surface area contributed by atoms with Gasteiger partial charge < -0.3 is 16.4 Å². The van der Waals surface area contributed by atoms with Crippen LogP contribution in [-0.4, -0.2) is 34.3 Å². The standard InChI is InChI=1S/C17H17FN4O2S/c1-8-11-6-17(11,15(19)24)7-22(8)14(23)12-13(25-16(20)21-12)9-3-2-4-10(18)5-9/h2-5,8,11H,6-7H2,1H3,(H2,19,24)(H2,20,21)/t8-,11+,17-/m0/s1. The molecule has 0 spiro atoms. The Morgan fingerprint density at radius 2 is 2.20 bits per heavy atom. The fraction of sp³-hybridized carbons (Fsp3) is 0.353. The van der Waals surface area contributed by atoms with Crippen molar-refractivity contribution in [2.75, 3.05) is 12.3 Å². The van der Waals surface area contributed by atoms with Gasteiger partial charge in [-0.3, -0.25) is 9.59 Å². The van der Waals surface area contributed by atoms with E-state index in [0.29, 0.717) is 17.0 Å². The summed E-state index contributed by atoms with van der Waals surface area (Å²) in [5, 5.41) is 0.240. The van der Waals surface area contributed by atoms with Crippen molar-refractivity contribution in [1.82, 2.24) is 9.88 Å². The van der Waals surface area contributed by atoms with Crippen LogP contribution in [0.4, 0.5) is 9.52 Å². The van der Waals surface area contributed by atoms with Crippen LogP contribution in [0.5, 0.6) is 0 Å². The van der Waals surface area contributed by atoms with E-state index in [0.717, 1.165) is 17.8 Å². The average Bonchev–Trinajstić information content (AvgIpc) is 3.07. The van der Waals surface area contributed by atoms with E-state index >= 15 is 0 Å². The summed E-state index contributed by atoms with van der Waals surface area (Å²) >= 11 is 1.14. The van der Waals surface area contributed by atoms with Gasteiger partial charge >= 0.3 is 0 Å². The molecule has 1 aliphatic heterocycles. The molecule has 1 aliphatic carbocycles. The summed E-state index contributed by atoms with van der Waals surface area (Å²) in [6, 6.07) is 5.87. The van der Waals surface area contributed by atoms with E-state index in [1.165, 1.54) is 12.1 Å². The van der Waals surface area contributed by atoms with E-state index in [1.54, 1.807) is 17.0 Å². The minimum absolute atomic E-state index is 0.0942. The molecular formula is C17H17FN4O2S. The highest BCUT2D eigenvalue weighted by molar-refractivity contribution is 7.19. The molecule has 130 valence electrons. The lowest BCUT2D eigenvalue weighted by atomic mass is 10.1. The van der Waals surface area contributed by atoms with Crippen molar-refractivity contribution in [2.24, 2.45) is 17.1 Å². The number of carbonyl (C=O) groups excluding carboxylic acids is 2. The summed E-state index contributed by atoms with van der Waals surface area (Å²) in [7, 11) is 0. The van der Waals surface area contributed by atoms with E-state index in [2.05, 4.69) is 4.98 Å². The maximum absolute atomic E-state index is 13.6. The van der Waals surface area contributed by atoms with Gasteiger partial charge in [-0.2, -0.15) is 0 Å². The number of carbonyl (C=O) groups is 2. The van der Waals surface area contributed by atoms with Gasteiger partial charge in [-0.25, -0.2) is 9.37 Å². The number of nitrogen functional groups attached to an aromatic ring is 1. The molecule has 3 atom stereocenters. The number of hydrogen-bond acceptors (Lipinski definition) is 5. The smallest absolute Gasteiger partial charge is 0.274 e. The van der Waals surface area contributed by atoms with Gasteiger partial charge in [-0.05, 0) is 37.0 Å². The second kappa shape index (κ2) is 5.26. The first-order valence-corrected chi connectivity index (χ1v) is 8.78. The maximum atomic E-state index is 13.6. The summed E-state index contributed by atoms with van der Waals surface area (Å²) in [6.45, 7) is 2.21. The molecule has 0 radical (unpaired) electrons. The number of halogens is 1. The number of anilines is 1. The van der Waals surface area contributed by atoms with Crippen LogP contribution < -0.4 is 11.5 Å². The molecule has 4 rings (SSSR count). The summed E-state index contributed by atoms with van der Waals surface area (Å²) in [5.41, 5.74) is 11.5. The molecular weight excluding hydrogens is 343 g/mol. The third kappa shape index (κ3) is 2.31. The quantitative estimate of drug-likeness (QED) is 0.872. The number of primary amides is 1. The van der Waals surface area contributed by atoms with E-state index in [-0.39, 0.29) is 34.6 Å². The van der Waals surface area contributed by atoms with Crippen LogP contribution in [0.1, 0.15) is 23.8 Å². The minimum Gasteiger partial charge on any atom is -0.375 e. The predicted octanol–water partition coefficient (Wildman–Crippen LogP) is 1.87. The monoisotopic (exact) mass is 360 g/mol. The molecule has 2 heterocycles. The van der Waals surface area contributed by atoms with Gasteiger partial charge in [-0.15, -0.1) is 0 Å². The van der Waals surface area contributed by atoms with Crippen LogP contribution in [0, 0.1) is 17.2 Å². The van der Waals surface area contributed by atoms with Crippen LogP contribution in [0.2, 0.25) is 0 Å². The zero-order chi connectivity index (χ0) is 17.9. The van der Waals surface area contributed by atoms with Crippen molar-refractivity contribution in [1.29, 1.82) is 0 Å². The fourth-order valence-electron chi connectivity index (χ4n) is 3.87. The van der Waals surface area contributed by atoms with Crippen molar-refractivity contribution in [2.45, 2.75) is 19.4 Å². The van der Waals surface area contributed by atoms with E-state index in [9.17, 15) is 14.0 Å². The zero-order valence-electron chi connectivity index (χ0n) is 13.5. The molecule has 1 saturated heterocycles. The third-order valence-corrected chi connectivity index (χ3v) is 6.28. The van der Waals surface area contributed by atoms with E-state index in [1.807, 2.05) is 6.92 Å². The second-order valence-electron chi connectivity index (χ2n) is 6.74. The Kier molecular flexibility index (Phi) is 3.37. The predicted molar refractivity (Wildman–Crippen MR) is 92.2 cm³/mol. The second-order valence-corrected chi connectivity index (χ2v) is 7.78. The van der Waals surface area contributed by atoms with Crippen molar-refractivity contribution < 1.29 is 14.0 Å². The van der Waals surface area contributed by atoms with Crippen LogP contribution in [-0.2, 0) is 4.79 Å². The van der Waals surface area contributed by atoms with E-state index in [4.69, 9.17) is 11.5 Å². The Morgan fingerprint density at radius 3 is 2.84 bits per heavy atom. The number of thiazole rings is 1. The highest BCUT2D eigenvalue weighted by Crippen LogP contribution is 2.60. The molecule has 2 amide bonds. The molecule has 25 heavy (non-hydrogen) atoms. The maximum Gasteiger partial charge on any atom is 0.274 e. The number of amides is 2. The molecule has 6 nitrogen and oxygen atoms in total. The van der Waals surface area contributed by atoms with Crippen LogP contribution in [0.25, 0.3) is 10.4 Å². The van der Waals surface area contributed by atoms with Crippen molar-refractivity contribution in [3.8, 4) is 10.4 Å². The average molecular weight is 360 g/mol. The highest BCUT2D eigenvalue weighted by atomic mass is 32.1. The Labute approximate surface area is 147 Å². The van der Waals surface area contributed by atoms with Crippen LogP contribution in [0.15, 0.2) is 24.3 Å². The molecule has 0 unspecified atom stereocenters. The number of aromatic nitrogens is 1. The molecule has 2 fully saturated rings. The van der Waals surface area contributed by atoms with Gasteiger partial charge in [0.05, 0.1) is 10.3 Å². The van der Waals surface area contributed by atoms with E-state index < -0.39 is 11.2 Å². The first-order valence-electron chi connectivity index (χ1n) is 7.96. The van der Waals surface area contributed by atoms with Crippen LogP contribution >= 0.6 is 11.3 Å². The SMILES string of the molecule is C[C@H]1[C@H]2C[C@]2(C(N)=O)CN1C(=O)c1nc(N)sc1-c1cccc(F)c1. The van der Waals surface area contributed by atoms with Crippen LogP contribution in [0.3, 0.4) is 0 Å². The van der Waals surface area contributed by atoms with Crippen molar-refractivity contribution in [3.05, 3.63) is 35.8 Å². The normalized spacial score (nSPS) is 27.2. The first-order chi connectivity index (χ1) is 11.8. The molecule has 8 heteroatoms. The zero-order valence-corrected chi connectivity index (χ0v) is 14.3. The Hall–Kier alpha value is -2.48. The number of nitrogens with zero attached hydrogens (tertiary/aromatic N) is 2. The number of piperidine rings is 1. The van der Waals surface area contributed by atoms with Crippen molar-refractivity contribution >= 4 is 28.3 Å². The number of fused-ring (bicyclic) bond motifs is 1. The third-order valence-electron chi connectivity index (χ3n) is 5.34. The topological polar surface area (TPSA) is 102 Å². The summed E-state index contributed by atoms with van der Waals surface area (Å²) in [6.07, 6.45) is 0.725. The lowest BCUT2D eigenvalue weighted by Crippen LogP contribution is -2.39. The summed E-state index contributed by atoms with van der Waals surface area (Å²) in [4.78, 5) is 31.1. The Bertz CT molecular complexity index is 899. The van der Waals surface area contributed by atoms with Gasteiger partial charge in [0.2, 0.25) is 5.91 Å². The number of rotatable bonds is 3. The summed E-state index contributed by atoms with van der Waals surface area (Å²) in [5.74, 6) is -0.954. The molecule has 2 aliphatic rings. The van der Waals surface area contributed by atoms with Gasteiger partial charge in [-0.1, -0.05) is 23.5 Å². The Balaban J connectivity index is 1.69. The number of likely N-dealkylation sites (tertiary alicyclic amines) is 1. The minimum atomic E-state index is -0.602. The molecule has 2 aromatic rings. The first kappa shape index (κ1) is 16.0. The number of hydrogen-bond donors (Lipinski definition) is 2. The van der Waals surface area contributed by atoms with Crippen molar-refractivity contribution in [3.63, 3.8) is 0 Å². The molecule has 1 aromatic heterocycles. The largest absolute Gasteiger partial charge is 0.375 e. The molecule has 1 saturated carbocycles. The van der Waals surface area contributed by atoms with Gasteiger partial charge in [0, 0.05) is 12.6 Å². The highest BCUT2D eigenvalue weighted by Gasteiger charge is 2.68. The molecule has 4 N–H and O–H groups in total. The number of nitrogens with two attached hydrogens (primary N) is 2. The Morgan fingerprint density at radius 1 is 1.44 bits per heavy atom. The fourth-order valence-corrected chi connectivity index (χ4v) is 4.69. The van der Waals surface area contributed by atoms with Gasteiger partial charge in [0.1, 0.15) is 11.5 Å². The lowest BCUT2D eigenvalue weighted by molar-refractivity contribution is -0.123. The van der Waals surface area contributed by atoms with Gasteiger partial charge in [0.15, 0.2) is 5.13 Å².